The number of carbonyl (C=O) groups is 1. The van der Waals surface area contributed by atoms with Gasteiger partial charge in [0.25, 0.3) is 5.91 Å². The Morgan fingerprint density at radius 3 is 2.69 bits per heavy atom. The Morgan fingerprint density at radius 1 is 1.06 bits per heavy atom. The third-order valence-electron chi connectivity index (χ3n) is 5.78. The molecule has 162 valence electrons. The molecule has 1 amide bonds. The summed E-state index contributed by atoms with van der Waals surface area (Å²) in [6.07, 6.45) is 4.97. The zero-order valence-corrected chi connectivity index (χ0v) is 17.4. The quantitative estimate of drug-likeness (QED) is 0.503. The van der Waals surface area contributed by atoms with Gasteiger partial charge in [-0.15, -0.1) is 10.2 Å². The zero-order chi connectivity index (χ0) is 21.9. The molecule has 1 aliphatic heterocycles. The van der Waals surface area contributed by atoms with Gasteiger partial charge in [-0.2, -0.15) is 5.10 Å². The van der Waals surface area contributed by atoms with Crippen LogP contribution in [0.15, 0.2) is 65.2 Å². The van der Waals surface area contributed by atoms with Crippen molar-refractivity contribution in [3.8, 4) is 22.6 Å². The number of benzene rings is 2. The summed E-state index contributed by atoms with van der Waals surface area (Å²) >= 11 is 0. The predicted octanol–water partition coefficient (Wildman–Crippen LogP) is 4.50. The molecule has 3 heterocycles. The minimum atomic E-state index is -0.323. The van der Waals surface area contributed by atoms with Gasteiger partial charge < -0.3 is 9.32 Å². The fourth-order valence-corrected chi connectivity index (χ4v) is 4.15. The number of likely N-dealkylation sites (tertiary alicyclic amines) is 1. The normalized spacial score (nSPS) is 16.3. The Balaban J connectivity index is 1.37. The van der Waals surface area contributed by atoms with Crippen LogP contribution in [0.2, 0.25) is 0 Å². The highest BCUT2D eigenvalue weighted by molar-refractivity contribution is 5.99. The number of hydrogen-bond donors (Lipinski definition) is 1. The molecule has 2 aromatic heterocycles. The highest BCUT2D eigenvalue weighted by Gasteiger charge is 2.31. The van der Waals surface area contributed by atoms with Crippen molar-refractivity contribution in [2.24, 2.45) is 0 Å². The first kappa shape index (κ1) is 20.1. The Labute approximate surface area is 184 Å². The molecule has 2 aromatic carbocycles. The molecule has 0 radical (unpaired) electrons. The van der Waals surface area contributed by atoms with Gasteiger partial charge in [0.15, 0.2) is 5.69 Å². The summed E-state index contributed by atoms with van der Waals surface area (Å²) in [4.78, 5) is 15.3. The SMILES string of the molecule is O=C(c1n[nH]cc1-c1ccc(F)cc1)N1CCCCC1Cc1nnc(-c2ccccc2)o1. The Hall–Kier alpha value is -3.81. The number of aromatic nitrogens is 4. The number of rotatable bonds is 5. The topological polar surface area (TPSA) is 87.9 Å². The highest BCUT2D eigenvalue weighted by Crippen LogP contribution is 2.28. The zero-order valence-electron chi connectivity index (χ0n) is 17.4. The summed E-state index contributed by atoms with van der Waals surface area (Å²) in [5.41, 5.74) is 2.59. The Bertz CT molecular complexity index is 1200. The molecular weight excluding hydrogens is 409 g/mol. The van der Waals surface area contributed by atoms with Crippen molar-refractivity contribution in [2.75, 3.05) is 6.54 Å². The van der Waals surface area contributed by atoms with Crippen LogP contribution in [0.3, 0.4) is 0 Å². The van der Waals surface area contributed by atoms with Gasteiger partial charge in [0.05, 0.1) is 0 Å². The van der Waals surface area contributed by atoms with Crippen molar-refractivity contribution < 1.29 is 13.6 Å². The fraction of sp³-hybridized carbons (Fsp3) is 0.250. The number of aromatic amines is 1. The number of H-pyrrole nitrogens is 1. The van der Waals surface area contributed by atoms with E-state index in [4.69, 9.17) is 4.42 Å². The van der Waals surface area contributed by atoms with E-state index < -0.39 is 0 Å². The molecule has 1 fully saturated rings. The van der Waals surface area contributed by atoms with Crippen molar-refractivity contribution in [1.82, 2.24) is 25.3 Å². The van der Waals surface area contributed by atoms with Crippen LogP contribution < -0.4 is 0 Å². The largest absolute Gasteiger partial charge is 0.421 e. The third kappa shape index (κ3) is 4.03. The van der Waals surface area contributed by atoms with E-state index in [1.165, 1.54) is 12.1 Å². The first-order chi connectivity index (χ1) is 15.7. The number of carbonyl (C=O) groups excluding carboxylic acids is 1. The van der Waals surface area contributed by atoms with Crippen LogP contribution >= 0.6 is 0 Å². The molecule has 8 heteroatoms. The average Bonchev–Trinajstić information content (AvgIpc) is 3.50. The lowest BCUT2D eigenvalue weighted by Crippen LogP contribution is -2.45. The van der Waals surface area contributed by atoms with E-state index in [1.807, 2.05) is 35.2 Å². The number of nitrogens with one attached hydrogen (secondary N) is 1. The maximum Gasteiger partial charge on any atom is 0.275 e. The summed E-state index contributed by atoms with van der Waals surface area (Å²) in [6.45, 7) is 0.638. The van der Waals surface area contributed by atoms with Gasteiger partial charge in [-0.3, -0.25) is 9.89 Å². The third-order valence-corrected chi connectivity index (χ3v) is 5.78. The van der Waals surface area contributed by atoms with Gasteiger partial charge in [-0.25, -0.2) is 4.39 Å². The molecule has 7 nitrogen and oxygen atoms in total. The molecule has 1 saturated heterocycles. The first-order valence-electron chi connectivity index (χ1n) is 10.7. The van der Waals surface area contributed by atoms with E-state index in [1.54, 1.807) is 18.3 Å². The summed E-state index contributed by atoms with van der Waals surface area (Å²) in [5.74, 6) is 0.503. The molecule has 0 bridgehead atoms. The lowest BCUT2D eigenvalue weighted by molar-refractivity contribution is 0.0600. The summed E-state index contributed by atoms with van der Waals surface area (Å²) < 4.78 is 19.2. The number of amides is 1. The second kappa shape index (κ2) is 8.74. The van der Waals surface area contributed by atoms with Crippen molar-refractivity contribution in [3.63, 3.8) is 0 Å². The Morgan fingerprint density at radius 2 is 1.88 bits per heavy atom. The van der Waals surface area contributed by atoms with Crippen LogP contribution in [-0.2, 0) is 6.42 Å². The van der Waals surface area contributed by atoms with Gasteiger partial charge in [0, 0.05) is 36.3 Å². The summed E-state index contributed by atoms with van der Waals surface area (Å²) in [5, 5.41) is 15.4. The van der Waals surface area contributed by atoms with Crippen LogP contribution in [0.4, 0.5) is 4.39 Å². The van der Waals surface area contributed by atoms with E-state index in [0.717, 1.165) is 30.4 Å². The van der Waals surface area contributed by atoms with Gasteiger partial charge >= 0.3 is 0 Å². The molecule has 1 unspecified atom stereocenters. The molecule has 1 aliphatic rings. The van der Waals surface area contributed by atoms with Gasteiger partial charge in [-0.05, 0) is 49.1 Å². The van der Waals surface area contributed by atoms with Crippen molar-refractivity contribution >= 4 is 5.91 Å². The molecule has 1 atom stereocenters. The van der Waals surface area contributed by atoms with Crippen LogP contribution in [0.1, 0.15) is 35.6 Å². The van der Waals surface area contributed by atoms with Crippen molar-refractivity contribution in [3.05, 3.63) is 78.2 Å². The van der Waals surface area contributed by atoms with Crippen LogP contribution in [0.25, 0.3) is 22.6 Å². The van der Waals surface area contributed by atoms with Crippen molar-refractivity contribution in [1.29, 1.82) is 0 Å². The molecular formula is C24H22FN5O2. The van der Waals surface area contributed by atoms with Gasteiger partial charge in [0.2, 0.25) is 11.8 Å². The van der Waals surface area contributed by atoms with Crippen LogP contribution in [0.5, 0.6) is 0 Å². The fourth-order valence-electron chi connectivity index (χ4n) is 4.15. The average molecular weight is 431 g/mol. The second-order valence-electron chi connectivity index (χ2n) is 7.87. The molecule has 5 rings (SSSR count). The number of hydrogen-bond acceptors (Lipinski definition) is 5. The minimum Gasteiger partial charge on any atom is -0.421 e. The van der Waals surface area contributed by atoms with E-state index in [0.29, 0.717) is 36.0 Å². The minimum absolute atomic E-state index is 0.0573. The van der Waals surface area contributed by atoms with Crippen LogP contribution in [-0.4, -0.2) is 43.8 Å². The molecule has 32 heavy (non-hydrogen) atoms. The molecule has 1 N–H and O–H groups in total. The predicted molar refractivity (Wildman–Crippen MR) is 116 cm³/mol. The van der Waals surface area contributed by atoms with Crippen LogP contribution in [0, 0.1) is 5.82 Å². The molecule has 0 aliphatic carbocycles. The monoisotopic (exact) mass is 431 g/mol. The number of piperidine rings is 1. The van der Waals surface area contributed by atoms with E-state index in [-0.39, 0.29) is 17.8 Å². The number of nitrogens with zero attached hydrogens (tertiary/aromatic N) is 4. The highest BCUT2D eigenvalue weighted by atomic mass is 19.1. The molecule has 0 saturated carbocycles. The maximum absolute atomic E-state index is 13.5. The Kier molecular flexibility index (Phi) is 5.49. The summed E-state index contributed by atoms with van der Waals surface area (Å²) in [7, 11) is 0. The van der Waals surface area contributed by atoms with Gasteiger partial charge in [-0.1, -0.05) is 30.3 Å². The second-order valence-corrected chi connectivity index (χ2v) is 7.87. The lowest BCUT2D eigenvalue weighted by Gasteiger charge is -2.34. The standard InChI is InChI=1S/C24H22FN5O2/c25-18-11-9-16(10-12-18)20-15-26-28-22(20)24(31)30-13-5-4-8-19(30)14-21-27-29-23(32-21)17-6-2-1-3-7-17/h1-3,6-7,9-12,15,19H,4-5,8,13-14H2,(H,26,28). The number of halogens is 1. The smallest absolute Gasteiger partial charge is 0.275 e. The van der Waals surface area contributed by atoms with E-state index >= 15 is 0 Å². The van der Waals surface area contributed by atoms with Crippen molar-refractivity contribution in [2.45, 2.75) is 31.7 Å². The lowest BCUT2D eigenvalue weighted by atomic mass is 9.97. The summed E-state index contributed by atoms with van der Waals surface area (Å²) in [6, 6.07) is 15.6. The maximum atomic E-state index is 13.5. The van der Waals surface area contributed by atoms with E-state index in [2.05, 4.69) is 20.4 Å². The van der Waals surface area contributed by atoms with Gasteiger partial charge in [0.1, 0.15) is 5.82 Å². The van der Waals surface area contributed by atoms with E-state index in [9.17, 15) is 9.18 Å². The first-order valence-corrected chi connectivity index (χ1v) is 10.7. The molecule has 0 spiro atoms. The molecule has 4 aromatic rings.